The highest BCUT2D eigenvalue weighted by atomic mass is 32.2. The standard InChI is InChI=1S/C21H19N5OS3/c1-14-8-10-16(11-9-14)18-12-28-20(26(18)17-6-4-3-5-7-17)24-23-19(27)13-29-21-25-22-15(2)30-21/h3-12H,13H2,1-2H3,(H,23,27)/b24-20+. The third-order valence-electron chi connectivity index (χ3n) is 4.18. The number of hydrogen-bond donors (Lipinski definition) is 1. The lowest BCUT2D eigenvalue weighted by atomic mass is 10.1. The number of aromatic nitrogens is 3. The second-order valence-corrected chi connectivity index (χ2v) is 9.70. The molecule has 30 heavy (non-hydrogen) atoms. The maximum atomic E-state index is 12.3. The van der Waals surface area contributed by atoms with Gasteiger partial charge in [-0.3, -0.25) is 9.36 Å². The topological polar surface area (TPSA) is 72.2 Å². The molecule has 0 radical (unpaired) electrons. The van der Waals surface area contributed by atoms with Crippen molar-refractivity contribution >= 4 is 40.3 Å². The Kier molecular flexibility index (Phi) is 6.41. The predicted molar refractivity (Wildman–Crippen MR) is 123 cm³/mol. The van der Waals surface area contributed by atoms with E-state index in [-0.39, 0.29) is 11.7 Å². The summed E-state index contributed by atoms with van der Waals surface area (Å²) in [5.41, 5.74) is 6.99. The van der Waals surface area contributed by atoms with Crippen LogP contribution in [0.3, 0.4) is 0 Å². The molecule has 0 bridgehead atoms. The Morgan fingerprint density at radius 3 is 2.57 bits per heavy atom. The van der Waals surface area contributed by atoms with Crippen LogP contribution in [0.5, 0.6) is 0 Å². The first-order valence-corrected chi connectivity index (χ1v) is 11.9. The molecular formula is C21H19N5OS3. The molecule has 1 N–H and O–H groups in total. The number of nitrogens with one attached hydrogen (secondary N) is 1. The first-order valence-electron chi connectivity index (χ1n) is 9.18. The van der Waals surface area contributed by atoms with Gasteiger partial charge in [0.25, 0.3) is 5.91 Å². The van der Waals surface area contributed by atoms with Gasteiger partial charge >= 0.3 is 0 Å². The summed E-state index contributed by atoms with van der Waals surface area (Å²) in [7, 11) is 0. The Balaban J connectivity index is 1.60. The predicted octanol–water partition coefficient (Wildman–Crippen LogP) is 4.40. The molecule has 2 aromatic carbocycles. The zero-order chi connectivity index (χ0) is 20.9. The quantitative estimate of drug-likeness (QED) is 0.347. The van der Waals surface area contributed by atoms with Crippen molar-refractivity contribution in [2.75, 3.05) is 5.75 Å². The van der Waals surface area contributed by atoms with Gasteiger partial charge in [0, 0.05) is 11.1 Å². The van der Waals surface area contributed by atoms with Crippen LogP contribution < -0.4 is 10.2 Å². The largest absolute Gasteiger partial charge is 0.284 e. The van der Waals surface area contributed by atoms with Crippen LogP contribution in [0.15, 0.2) is 69.4 Å². The number of rotatable bonds is 6. The number of thioether (sulfide) groups is 1. The van der Waals surface area contributed by atoms with E-state index in [2.05, 4.69) is 61.9 Å². The van der Waals surface area contributed by atoms with Crippen molar-refractivity contribution < 1.29 is 4.79 Å². The van der Waals surface area contributed by atoms with E-state index < -0.39 is 0 Å². The number of hydrogen-bond acceptors (Lipinski definition) is 7. The second kappa shape index (κ2) is 9.38. The van der Waals surface area contributed by atoms with Crippen molar-refractivity contribution in [3.63, 3.8) is 0 Å². The fourth-order valence-electron chi connectivity index (χ4n) is 2.75. The first-order chi connectivity index (χ1) is 14.6. The summed E-state index contributed by atoms with van der Waals surface area (Å²) in [5.74, 6) is 0.0531. The lowest BCUT2D eigenvalue weighted by Crippen LogP contribution is -2.25. The average molecular weight is 454 g/mol. The van der Waals surface area contributed by atoms with Gasteiger partial charge in [0.1, 0.15) is 5.01 Å². The zero-order valence-corrected chi connectivity index (χ0v) is 18.9. The maximum absolute atomic E-state index is 12.3. The molecule has 2 heterocycles. The molecule has 0 saturated heterocycles. The van der Waals surface area contributed by atoms with E-state index in [9.17, 15) is 4.79 Å². The number of aryl methyl sites for hydroxylation is 2. The second-order valence-electron chi connectivity index (χ2n) is 6.46. The lowest BCUT2D eigenvalue weighted by Gasteiger charge is -2.09. The van der Waals surface area contributed by atoms with E-state index in [4.69, 9.17) is 0 Å². The molecule has 0 unspecified atom stereocenters. The van der Waals surface area contributed by atoms with Gasteiger partial charge < -0.3 is 0 Å². The molecule has 152 valence electrons. The van der Waals surface area contributed by atoms with E-state index in [0.717, 1.165) is 26.3 Å². The smallest absolute Gasteiger partial charge is 0.250 e. The summed E-state index contributed by atoms with van der Waals surface area (Å²) in [5, 5.41) is 15.3. The monoisotopic (exact) mass is 453 g/mol. The van der Waals surface area contributed by atoms with Crippen LogP contribution in [-0.4, -0.2) is 26.4 Å². The summed E-state index contributed by atoms with van der Waals surface area (Å²) in [6.45, 7) is 3.96. The van der Waals surface area contributed by atoms with Crippen LogP contribution in [0.1, 0.15) is 10.6 Å². The number of para-hydroxylation sites is 1. The van der Waals surface area contributed by atoms with Gasteiger partial charge in [0.15, 0.2) is 4.34 Å². The molecule has 0 aliphatic carbocycles. The van der Waals surface area contributed by atoms with E-state index in [1.165, 1.54) is 40.0 Å². The number of nitrogens with zero attached hydrogens (tertiary/aromatic N) is 4. The van der Waals surface area contributed by atoms with Gasteiger partial charge in [-0.25, -0.2) is 5.43 Å². The van der Waals surface area contributed by atoms with Crippen LogP contribution in [-0.2, 0) is 4.79 Å². The highest BCUT2D eigenvalue weighted by Crippen LogP contribution is 2.24. The highest BCUT2D eigenvalue weighted by Gasteiger charge is 2.11. The number of thiazole rings is 1. The average Bonchev–Trinajstić information content (AvgIpc) is 3.38. The van der Waals surface area contributed by atoms with Crippen molar-refractivity contribution in [1.29, 1.82) is 0 Å². The third kappa shape index (κ3) is 4.86. The normalized spacial score (nSPS) is 11.6. The van der Waals surface area contributed by atoms with Crippen LogP contribution in [0.4, 0.5) is 0 Å². The van der Waals surface area contributed by atoms with Gasteiger partial charge in [-0.2, -0.15) is 0 Å². The molecule has 9 heteroatoms. The molecule has 0 fully saturated rings. The number of amides is 1. The van der Waals surface area contributed by atoms with Crippen molar-refractivity contribution in [1.82, 2.24) is 20.2 Å². The lowest BCUT2D eigenvalue weighted by molar-refractivity contribution is -0.118. The molecule has 0 aliphatic heterocycles. The number of carbonyl (C=O) groups excluding carboxylic acids is 1. The summed E-state index contributed by atoms with van der Waals surface area (Å²) in [4.78, 5) is 13.0. The molecule has 6 nitrogen and oxygen atoms in total. The summed E-state index contributed by atoms with van der Waals surface area (Å²) >= 11 is 4.32. The van der Waals surface area contributed by atoms with Crippen molar-refractivity contribution in [3.8, 4) is 16.9 Å². The Bertz CT molecular complexity index is 1210. The molecule has 0 aliphatic rings. The van der Waals surface area contributed by atoms with E-state index in [0.29, 0.717) is 4.80 Å². The van der Waals surface area contributed by atoms with Crippen LogP contribution in [0.2, 0.25) is 0 Å². The maximum Gasteiger partial charge on any atom is 0.250 e. The fourth-order valence-corrected chi connectivity index (χ4v) is 5.22. The van der Waals surface area contributed by atoms with Gasteiger partial charge in [-0.15, -0.1) is 26.6 Å². The Morgan fingerprint density at radius 2 is 1.87 bits per heavy atom. The van der Waals surface area contributed by atoms with Gasteiger partial charge in [0.05, 0.1) is 11.4 Å². The fraction of sp³-hybridized carbons (Fsp3) is 0.143. The summed E-state index contributed by atoms with van der Waals surface area (Å²) in [6, 6.07) is 18.4. The van der Waals surface area contributed by atoms with E-state index in [1.54, 1.807) is 0 Å². The molecule has 4 aromatic rings. The van der Waals surface area contributed by atoms with Crippen LogP contribution in [0, 0.1) is 13.8 Å². The zero-order valence-electron chi connectivity index (χ0n) is 16.4. The number of carbonyl (C=O) groups is 1. The van der Waals surface area contributed by atoms with E-state index in [1.807, 2.05) is 37.3 Å². The van der Waals surface area contributed by atoms with Gasteiger partial charge in [-0.05, 0) is 31.5 Å². The van der Waals surface area contributed by atoms with Gasteiger partial charge in [0.2, 0.25) is 4.80 Å². The first kappa shape index (κ1) is 20.5. The minimum atomic E-state index is -0.183. The van der Waals surface area contributed by atoms with Crippen molar-refractivity contribution in [2.45, 2.75) is 18.2 Å². The molecule has 0 atom stereocenters. The third-order valence-corrected chi connectivity index (χ3v) is 6.98. The molecule has 0 saturated carbocycles. The molecule has 2 aromatic heterocycles. The Morgan fingerprint density at radius 1 is 1.10 bits per heavy atom. The van der Waals surface area contributed by atoms with Gasteiger partial charge in [-0.1, -0.05) is 71.1 Å². The highest BCUT2D eigenvalue weighted by molar-refractivity contribution is 8.01. The minimum Gasteiger partial charge on any atom is -0.284 e. The summed E-state index contributed by atoms with van der Waals surface area (Å²) < 4.78 is 2.83. The van der Waals surface area contributed by atoms with E-state index >= 15 is 0 Å². The van der Waals surface area contributed by atoms with Crippen molar-refractivity contribution in [2.24, 2.45) is 5.10 Å². The minimum absolute atomic E-state index is 0.183. The number of benzene rings is 2. The molecule has 0 spiro atoms. The van der Waals surface area contributed by atoms with Crippen LogP contribution >= 0.6 is 34.4 Å². The van der Waals surface area contributed by atoms with Crippen molar-refractivity contribution in [3.05, 3.63) is 75.3 Å². The van der Waals surface area contributed by atoms with Crippen LogP contribution in [0.25, 0.3) is 16.9 Å². The molecular weight excluding hydrogens is 434 g/mol. The Labute approximate surface area is 186 Å². The SMILES string of the molecule is Cc1ccc(-c2cs/c(=N/NC(=O)CSc3nnc(C)s3)n2-c2ccccc2)cc1. The molecule has 1 amide bonds. The molecule has 4 rings (SSSR count). The summed E-state index contributed by atoms with van der Waals surface area (Å²) in [6.07, 6.45) is 0. The Hall–Kier alpha value is -2.75.